The van der Waals surface area contributed by atoms with Crippen LogP contribution in [0.25, 0.3) is 11.0 Å². The van der Waals surface area contributed by atoms with Crippen LogP contribution < -0.4 is 5.32 Å². The molecule has 0 aliphatic rings. The normalized spacial score (nSPS) is 10.8. The highest BCUT2D eigenvalue weighted by molar-refractivity contribution is 5.96. The summed E-state index contributed by atoms with van der Waals surface area (Å²) in [5.41, 5.74) is 1.85. The quantitative estimate of drug-likeness (QED) is 0.755. The molecule has 5 heteroatoms. The Kier molecular flexibility index (Phi) is 2.79. The average Bonchev–Trinajstić information content (AvgIpc) is 3.04. The van der Waals surface area contributed by atoms with E-state index in [-0.39, 0.29) is 5.91 Å². The van der Waals surface area contributed by atoms with Gasteiger partial charge in [0, 0.05) is 17.8 Å². The summed E-state index contributed by atoms with van der Waals surface area (Å²) in [5.74, 6) is 0.776. The highest BCUT2D eigenvalue weighted by atomic mass is 16.3. The van der Waals surface area contributed by atoms with E-state index in [2.05, 4.69) is 15.3 Å². The maximum atomic E-state index is 11.9. The molecule has 0 saturated carbocycles. The number of hydrogen-bond acceptors (Lipinski definition) is 3. The highest BCUT2D eigenvalue weighted by Gasteiger charge is 2.12. The fourth-order valence-electron chi connectivity index (χ4n) is 1.92. The van der Waals surface area contributed by atoms with Crippen molar-refractivity contribution in [2.75, 3.05) is 0 Å². The molecular weight excluding hydrogens is 242 g/mol. The monoisotopic (exact) mass is 255 g/mol. The molecule has 2 N–H and O–H groups in total. The molecule has 0 radical (unpaired) electrons. The van der Waals surface area contributed by atoms with Crippen LogP contribution in [0.15, 0.2) is 41.1 Å². The zero-order valence-corrected chi connectivity index (χ0v) is 10.4. The van der Waals surface area contributed by atoms with Crippen molar-refractivity contribution in [2.24, 2.45) is 0 Å². The van der Waals surface area contributed by atoms with E-state index in [4.69, 9.17) is 4.42 Å². The lowest BCUT2D eigenvalue weighted by Crippen LogP contribution is -2.22. The lowest BCUT2D eigenvalue weighted by atomic mass is 10.2. The van der Waals surface area contributed by atoms with Gasteiger partial charge in [0.25, 0.3) is 5.91 Å². The van der Waals surface area contributed by atoms with E-state index in [1.807, 2.05) is 25.1 Å². The fraction of sp³-hybridized carbons (Fsp3) is 0.143. The minimum atomic E-state index is -0.245. The number of aromatic amines is 1. The summed E-state index contributed by atoms with van der Waals surface area (Å²) in [7, 11) is 0. The van der Waals surface area contributed by atoms with Crippen molar-refractivity contribution < 1.29 is 9.21 Å². The fourth-order valence-corrected chi connectivity index (χ4v) is 1.92. The van der Waals surface area contributed by atoms with Crippen LogP contribution in [0.3, 0.4) is 0 Å². The summed E-state index contributed by atoms with van der Waals surface area (Å²) in [6.07, 6.45) is 3.36. The van der Waals surface area contributed by atoms with Crippen LogP contribution in [0.2, 0.25) is 0 Å². The molecular formula is C14H13N3O2. The predicted octanol–water partition coefficient (Wildman–Crippen LogP) is 2.39. The second-order valence-corrected chi connectivity index (χ2v) is 4.37. The molecule has 2 heterocycles. The number of hydrogen-bond donors (Lipinski definition) is 2. The summed E-state index contributed by atoms with van der Waals surface area (Å²) in [5, 5.41) is 3.68. The lowest BCUT2D eigenvalue weighted by Gasteiger charge is -1.99. The molecule has 96 valence electrons. The molecule has 0 bridgehead atoms. The Balaban J connectivity index is 1.77. The Bertz CT molecular complexity index is 713. The minimum absolute atomic E-state index is 0.245. The number of nitrogens with one attached hydrogen (secondary N) is 2. The van der Waals surface area contributed by atoms with Gasteiger partial charge < -0.3 is 14.7 Å². The summed E-state index contributed by atoms with van der Waals surface area (Å²) >= 11 is 0. The van der Waals surface area contributed by atoms with Gasteiger partial charge in [0.1, 0.15) is 11.4 Å². The maximum absolute atomic E-state index is 11.9. The number of carbonyl (C=O) groups is 1. The van der Waals surface area contributed by atoms with Gasteiger partial charge in [0.2, 0.25) is 0 Å². The number of furan rings is 1. The van der Waals surface area contributed by atoms with E-state index < -0.39 is 0 Å². The van der Waals surface area contributed by atoms with Gasteiger partial charge in [-0.25, -0.2) is 4.98 Å². The second kappa shape index (κ2) is 4.61. The molecule has 5 nitrogen and oxygen atoms in total. The third kappa shape index (κ3) is 2.35. The van der Waals surface area contributed by atoms with E-state index in [1.54, 1.807) is 18.5 Å². The zero-order valence-electron chi connectivity index (χ0n) is 10.4. The largest absolute Gasteiger partial charge is 0.451 e. The molecule has 0 aliphatic heterocycles. The number of aromatic nitrogens is 2. The molecule has 1 aromatic carbocycles. The molecule has 19 heavy (non-hydrogen) atoms. The van der Waals surface area contributed by atoms with E-state index in [0.29, 0.717) is 23.7 Å². The maximum Gasteiger partial charge on any atom is 0.287 e. The van der Waals surface area contributed by atoms with Crippen LogP contribution in [0.1, 0.15) is 21.9 Å². The van der Waals surface area contributed by atoms with Crippen LogP contribution in [0.5, 0.6) is 0 Å². The Morgan fingerprint density at radius 2 is 2.32 bits per heavy atom. The highest BCUT2D eigenvalue weighted by Crippen LogP contribution is 2.20. The van der Waals surface area contributed by atoms with E-state index in [0.717, 1.165) is 10.9 Å². The second-order valence-electron chi connectivity index (χ2n) is 4.37. The van der Waals surface area contributed by atoms with Crippen LogP contribution in [-0.2, 0) is 6.54 Å². The molecule has 0 atom stereocenters. The summed E-state index contributed by atoms with van der Waals surface area (Å²) in [6.45, 7) is 2.35. The van der Waals surface area contributed by atoms with E-state index in [9.17, 15) is 4.79 Å². The van der Waals surface area contributed by atoms with Gasteiger partial charge in [-0.1, -0.05) is 11.6 Å². The van der Waals surface area contributed by atoms with Crippen LogP contribution in [0, 0.1) is 6.92 Å². The number of benzene rings is 1. The van der Waals surface area contributed by atoms with Crippen LogP contribution >= 0.6 is 0 Å². The van der Waals surface area contributed by atoms with E-state index >= 15 is 0 Å². The molecule has 2 aromatic heterocycles. The molecule has 0 unspecified atom stereocenters. The smallest absolute Gasteiger partial charge is 0.287 e. The topological polar surface area (TPSA) is 70.9 Å². The number of aryl methyl sites for hydroxylation is 1. The zero-order chi connectivity index (χ0) is 13.2. The first-order valence-electron chi connectivity index (χ1n) is 5.99. The lowest BCUT2D eigenvalue weighted by molar-refractivity contribution is 0.0924. The van der Waals surface area contributed by atoms with Crippen molar-refractivity contribution in [3.63, 3.8) is 0 Å². The molecule has 0 aliphatic carbocycles. The Morgan fingerprint density at radius 3 is 3.11 bits per heavy atom. The Hall–Kier alpha value is -2.56. The number of H-pyrrole nitrogens is 1. The van der Waals surface area contributed by atoms with E-state index in [1.165, 1.54) is 0 Å². The van der Waals surface area contributed by atoms with Crippen molar-refractivity contribution >= 4 is 16.9 Å². The van der Waals surface area contributed by atoms with Gasteiger partial charge in [-0.3, -0.25) is 4.79 Å². The summed E-state index contributed by atoms with van der Waals surface area (Å²) in [6, 6.07) is 7.56. The predicted molar refractivity (Wildman–Crippen MR) is 70.7 cm³/mol. The van der Waals surface area contributed by atoms with Crippen molar-refractivity contribution in [1.29, 1.82) is 0 Å². The van der Waals surface area contributed by atoms with Crippen molar-refractivity contribution in [2.45, 2.75) is 13.5 Å². The number of amides is 1. The Morgan fingerprint density at radius 1 is 1.42 bits per heavy atom. The molecule has 0 fully saturated rings. The number of nitrogens with zero attached hydrogens (tertiary/aromatic N) is 1. The van der Waals surface area contributed by atoms with Gasteiger partial charge in [0.15, 0.2) is 5.76 Å². The van der Waals surface area contributed by atoms with Crippen molar-refractivity contribution in [3.05, 3.63) is 53.8 Å². The number of carbonyl (C=O) groups excluding carboxylic acids is 1. The van der Waals surface area contributed by atoms with Crippen molar-refractivity contribution in [1.82, 2.24) is 15.3 Å². The van der Waals surface area contributed by atoms with Gasteiger partial charge >= 0.3 is 0 Å². The first-order valence-corrected chi connectivity index (χ1v) is 5.99. The van der Waals surface area contributed by atoms with Gasteiger partial charge in [-0.15, -0.1) is 0 Å². The van der Waals surface area contributed by atoms with Gasteiger partial charge in [-0.2, -0.15) is 0 Å². The number of rotatable bonds is 3. The standard InChI is InChI=1S/C14H13N3O2/c1-9-2-3-11-10(6-9)7-12(19-11)14(18)17-8-13-15-4-5-16-13/h2-7H,8H2,1H3,(H,15,16)(H,17,18). The molecule has 1 amide bonds. The third-order valence-corrected chi connectivity index (χ3v) is 2.87. The average molecular weight is 255 g/mol. The SMILES string of the molecule is Cc1ccc2oc(C(=O)NCc3ncc[nH]3)cc2c1. The molecule has 0 spiro atoms. The minimum Gasteiger partial charge on any atom is -0.451 e. The Labute approximate surface area is 109 Å². The van der Waals surface area contributed by atoms with Crippen LogP contribution in [0.4, 0.5) is 0 Å². The summed E-state index contributed by atoms with van der Waals surface area (Å²) < 4.78 is 5.51. The number of imidazole rings is 1. The molecule has 0 saturated heterocycles. The van der Waals surface area contributed by atoms with Crippen molar-refractivity contribution in [3.8, 4) is 0 Å². The first-order chi connectivity index (χ1) is 9.22. The van der Waals surface area contributed by atoms with Gasteiger partial charge in [-0.05, 0) is 25.1 Å². The van der Waals surface area contributed by atoms with Crippen LogP contribution in [-0.4, -0.2) is 15.9 Å². The third-order valence-electron chi connectivity index (χ3n) is 2.87. The summed E-state index contributed by atoms with van der Waals surface area (Å²) in [4.78, 5) is 18.9. The molecule has 3 rings (SSSR count). The molecule has 3 aromatic rings. The first kappa shape index (κ1) is 11.5. The number of fused-ring (bicyclic) bond motifs is 1. The van der Waals surface area contributed by atoms with Gasteiger partial charge in [0.05, 0.1) is 6.54 Å².